The fourth-order valence-electron chi connectivity index (χ4n) is 3.56. The van der Waals surface area contributed by atoms with Crippen molar-refractivity contribution in [1.29, 1.82) is 0 Å². The van der Waals surface area contributed by atoms with Crippen molar-refractivity contribution in [2.24, 2.45) is 5.92 Å². The molecule has 1 aromatic heterocycles. The van der Waals surface area contributed by atoms with Crippen molar-refractivity contribution in [1.82, 2.24) is 4.98 Å². The van der Waals surface area contributed by atoms with Gasteiger partial charge in [-0.25, -0.2) is 4.98 Å². The first-order chi connectivity index (χ1) is 12.8. The molecule has 3 nitrogen and oxygen atoms in total. The fourth-order valence-corrected chi connectivity index (χ4v) is 4.40. The lowest BCUT2D eigenvalue weighted by Gasteiger charge is -2.10. The maximum absolute atomic E-state index is 12.3. The van der Waals surface area contributed by atoms with Crippen LogP contribution in [0.3, 0.4) is 0 Å². The third-order valence-corrected chi connectivity index (χ3v) is 5.81. The van der Waals surface area contributed by atoms with E-state index in [0.717, 1.165) is 27.5 Å². The monoisotopic (exact) mass is 362 g/mol. The van der Waals surface area contributed by atoms with Crippen LogP contribution in [0.4, 0.5) is 5.69 Å². The van der Waals surface area contributed by atoms with Gasteiger partial charge in [0.1, 0.15) is 5.01 Å². The summed E-state index contributed by atoms with van der Waals surface area (Å²) < 4.78 is 0. The average Bonchev–Trinajstić information content (AvgIpc) is 3.34. The van der Waals surface area contributed by atoms with Crippen LogP contribution in [0.25, 0.3) is 21.8 Å². The smallest absolute Gasteiger partial charge is 0.224 e. The van der Waals surface area contributed by atoms with Gasteiger partial charge in [0, 0.05) is 28.6 Å². The van der Waals surface area contributed by atoms with Crippen molar-refractivity contribution in [2.45, 2.75) is 32.1 Å². The van der Waals surface area contributed by atoms with E-state index in [1.54, 1.807) is 11.3 Å². The van der Waals surface area contributed by atoms with Gasteiger partial charge in [-0.3, -0.25) is 4.79 Å². The van der Waals surface area contributed by atoms with Crippen molar-refractivity contribution >= 4 is 22.9 Å². The minimum absolute atomic E-state index is 0.123. The number of hydrogen-bond acceptors (Lipinski definition) is 3. The molecule has 0 unspecified atom stereocenters. The zero-order valence-electron chi connectivity index (χ0n) is 14.7. The molecular weight excluding hydrogens is 340 g/mol. The highest BCUT2D eigenvalue weighted by molar-refractivity contribution is 7.13. The second kappa shape index (κ2) is 7.83. The number of benzene rings is 2. The van der Waals surface area contributed by atoms with Crippen molar-refractivity contribution in [2.75, 3.05) is 5.32 Å². The summed E-state index contributed by atoms with van der Waals surface area (Å²) in [6, 6.07) is 18.2. The molecule has 26 heavy (non-hydrogen) atoms. The summed E-state index contributed by atoms with van der Waals surface area (Å²) in [5, 5.41) is 6.14. The van der Waals surface area contributed by atoms with Crippen molar-refractivity contribution in [3.63, 3.8) is 0 Å². The van der Waals surface area contributed by atoms with Crippen LogP contribution in [0, 0.1) is 5.92 Å². The normalized spacial score (nSPS) is 14.5. The maximum atomic E-state index is 12.3. The summed E-state index contributed by atoms with van der Waals surface area (Å²) in [6.45, 7) is 0. The van der Waals surface area contributed by atoms with Crippen LogP contribution in [0.15, 0.2) is 60.0 Å². The molecule has 1 aliphatic carbocycles. The van der Waals surface area contributed by atoms with Gasteiger partial charge < -0.3 is 5.32 Å². The van der Waals surface area contributed by atoms with E-state index in [1.165, 1.54) is 25.7 Å². The van der Waals surface area contributed by atoms with Crippen LogP contribution in [-0.4, -0.2) is 10.9 Å². The first kappa shape index (κ1) is 17.0. The highest BCUT2D eigenvalue weighted by Gasteiger charge is 2.18. The molecule has 3 aromatic rings. The molecule has 1 heterocycles. The number of amides is 1. The lowest BCUT2D eigenvalue weighted by Crippen LogP contribution is -2.15. The topological polar surface area (TPSA) is 42.0 Å². The predicted molar refractivity (Wildman–Crippen MR) is 108 cm³/mol. The third-order valence-electron chi connectivity index (χ3n) is 4.92. The molecule has 0 saturated heterocycles. The molecule has 1 aliphatic rings. The minimum Gasteiger partial charge on any atom is -0.326 e. The fraction of sp³-hybridized carbons (Fsp3) is 0.273. The van der Waals surface area contributed by atoms with Crippen molar-refractivity contribution in [3.05, 3.63) is 60.0 Å². The molecule has 0 atom stereocenters. The third kappa shape index (κ3) is 4.02. The standard InChI is InChI=1S/C22H22N2OS/c25-21(13-16-7-4-5-8-16)23-19-12-6-11-18(14-19)20-15-26-22(24-20)17-9-2-1-3-10-17/h1-3,6,9-12,14-16H,4-5,7-8,13H2,(H,23,25). The molecule has 132 valence electrons. The second-order valence-electron chi connectivity index (χ2n) is 6.89. The van der Waals surface area contributed by atoms with Crippen LogP contribution in [-0.2, 0) is 4.79 Å². The molecule has 2 aromatic carbocycles. The molecule has 0 aliphatic heterocycles. The van der Waals surface area contributed by atoms with E-state index < -0.39 is 0 Å². The van der Waals surface area contributed by atoms with Crippen LogP contribution in [0.2, 0.25) is 0 Å². The summed E-state index contributed by atoms with van der Waals surface area (Å²) in [5.41, 5.74) is 3.95. The largest absolute Gasteiger partial charge is 0.326 e. The summed E-state index contributed by atoms with van der Waals surface area (Å²) in [5.74, 6) is 0.683. The van der Waals surface area contributed by atoms with Crippen molar-refractivity contribution < 1.29 is 4.79 Å². The molecule has 4 heteroatoms. The Morgan fingerprint density at radius 2 is 1.81 bits per heavy atom. The van der Waals surface area contributed by atoms with Gasteiger partial charge in [0.05, 0.1) is 5.69 Å². The van der Waals surface area contributed by atoms with E-state index in [0.29, 0.717) is 12.3 Å². The molecule has 1 fully saturated rings. The lowest BCUT2D eigenvalue weighted by atomic mass is 10.0. The van der Waals surface area contributed by atoms with Crippen LogP contribution >= 0.6 is 11.3 Å². The Labute approximate surface area is 158 Å². The number of thiazole rings is 1. The van der Waals surface area contributed by atoms with Gasteiger partial charge in [-0.15, -0.1) is 11.3 Å². The van der Waals surface area contributed by atoms with E-state index in [-0.39, 0.29) is 5.91 Å². The molecule has 1 N–H and O–H groups in total. The molecule has 1 amide bonds. The number of nitrogens with one attached hydrogen (secondary N) is 1. The SMILES string of the molecule is O=C(CC1CCCC1)Nc1cccc(-c2csc(-c3ccccc3)n2)c1. The maximum Gasteiger partial charge on any atom is 0.224 e. The van der Waals surface area contributed by atoms with Crippen LogP contribution in [0.5, 0.6) is 0 Å². The summed E-state index contributed by atoms with van der Waals surface area (Å²) in [6.07, 6.45) is 5.55. The zero-order chi connectivity index (χ0) is 17.8. The average molecular weight is 362 g/mol. The summed E-state index contributed by atoms with van der Waals surface area (Å²) in [4.78, 5) is 17.0. The summed E-state index contributed by atoms with van der Waals surface area (Å²) in [7, 11) is 0. The highest BCUT2D eigenvalue weighted by Crippen LogP contribution is 2.30. The van der Waals surface area contributed by atoms with Gasteiger partial charge in [0.2, 0.25) is 5.91 Å². The second-order valence-corrected chi connectivity index (χ2v) is 7.75. The number of carbonyl (C=O) groups excluding carboxylic acids is 1. The van der Waals surface area contributed by atoms with Gasteiger partial charge in [-0.2, -0.15) is 0 Å². The van der Waals surface area contributed by atoms with Crippen LogP contribution in [0.1, 0.15) is 32.1 Å². The number of aromatic nitrogens is 1. The number of carbonyl (C=O) groups is 1. The van der Waals surface area contributed by atoms with Gasteiger partial charge in [0.15, 0.2) is 0 Å². The Hall–Kier alpha value is -2.46. The van der Waals surface area contributed by atoms with Gasteiger partial charge >= 0.3 is 0 Å². The molecule has 4 rings (SSSR count). The summed E-state index contributed by atoms with van der Waals surface area (Å²) >= 11 is 1.64. The molecule has 1 saturated carbocycles. The quantitative estimate of drug-likeness (QED) is 0.605. The highest BCUT2D eigenvalue weighted by atomic mass is 32.1. The van der Waals surface area contributed by atoms with Gasteiger partial charge in [0.25, 0.3) is 0 Å². The Kier molecular flexibility index (Phi) is 5.12. The Morgan fingerprint density at radius 3 is 2.62 bits per heavy atom. The van der Waals surface area contributed by atoms with E-state index in [1.807, 2.05) is 42.5 Å². The molecule has 0 spiro atoms. The number of hydrogen-bond donors (Lipinski definition) is 1. The zero-order valence-corrected chi connectivity index (χ0v) is 15.5. The number of nitrogens with zero attached hydrogens (tertiary/aromatic N) is 1. The first-order valence-corrected chi connectivity index (χ1v) is 10.1. The van der Waals surface area contributed by atoms with E-state index in [2.05, 4.69) is 22.8 Å². The van der Waals surface area contributed by atoms with E-state index in [9.17, 15) is 4.79 Å². The number of rotatable bonds is 5. The molecule has 0 radical (unpaired) electrons. The first-order valence-electron chi connectivity index (χ1n) is 9.19. The Bertz CT molecular complexity index is 882. The van der Waals surface area contributed by atoms with Crippen molar-refractivity contribution in [3.8, 4) is 21.8 Å². The van der Waals surface area contributed by atoms with E-state index in [4.69, 9.17) is 4.98 Å². The Morgan fingerprint density at radius 1 is 1.04 bits per heavy atom. The lowest BCUT2D eigenvalue weighted by molar-refractivity contribution is -0.117. The molecular formula is C22H22N2OS. The minimum atomic E-state index is 0.123. The van der Waals surface area contributed by atoms with Crippen LogP contribution < -0.4 is 5.32 Å². The Balaban J connectivity index is 1.47. The van der Waals surface area contributed by atoms with E-state index >= 15 is 0 Å². The van der Waals surface area contributed by atoms with Gasteiger partial charge in [-0.1, -0.05) is 55.3 Å². The number of anilines is 1. The van der Waals surface area contributed by atoms with Gasteiger partial charge in [-0.05, 0) is 30.9 Å². The predicted octanol–water partition coefficient (Wildman–Crippen LogP) is 6.00. The molecule has 0 bridgehead atoms.